The Morgan fingerprint density at radius 2 is 1.96 bits per heavy atom. The van der Waals surface area contributed by atoms with Gasteiger partial charge in [-0.25, -0.2) is 4.98 Å². The first-order valence-electron chi connectivity index (χ1n) is 9.58. The van der Waals surface area contributed by atoms with Gasteiger partial charge in [0.1, 0.15) is 0 Å². The zero-order chi connectivity index (χ0) is 18.8. The third kappa shape index (κ3) is 4.12. The Kier molecular flexibility index (Phi) is 5.09. The SMILES string of the molecule is Cc1ccc2cc3cc(C(=O)NCCCN4CCN(C)CC4)oc3nc2c1. The molecule has 0 aliphatic carbocycles. The summed E-state index contributed by atoms with van der Waals surface area (Å²) in [4.78, 5) is 21.7. The number of fused-ring (bicyclic) bond motifs is 2. The minimum absolute atomic E-state index is 0.174. The maximum atomic E-state index is 12.4. The van der Waals surface area contributed by atoms with E-state index in [0.717, 1.165) is 61.0 Å². The van der Waals surface area contributed by atoms with Crippen LogP contribution in [0.15, 0.2) is 34.7 Å². The van der Waals surface area contributed by atoms with E-state index in [4.69, 9.17) is 4.42 Å². The number of furan rings is 1. The number of aromatic nitrogens is 1. The lowest BCUT2D eigenvalue weighted by atomic mass is 10.1. The lowest BCUT2D eigenvalue weighted by Crippen LogP contribution is -2.45. The number of nitrogens with zero attached hydrogens (tertiary/aromatic N) is 3. The van der Waals surface area contributed by atoms with Gasteiger partial charge in [-0.1, -0.05) is 12.1 Å². The van der Waals surface area contributed by atoms with Crippen LogP contribution in [0.25, 0.3) is 22.0 Å². The quantitative estimate of drug-likeness (QED) is 0.704. The van der Waals surface area contributed by atoms with Crippen molar-refractivity contribution in [1.82, 2.24) is 20.1 Å². The molecular formula is C21H26N4O2. The van der Waals surface area contributed by atoms with Gasteiger partial charge in [0.15, 0.2) is 5.76 Å². The van der Waals surface area contributed by atoms with Crippen molar-refractivity contribution in [3.05, 3.63) is 41.7 Å². The highest BCUT2D eigenvalue weighted by molar-refractivity contribution is 5.98. The van der Waals surface area contributed by atoms with Crippen molar-refractivity contribution in [2.75, 3.05) is 46.3 Å². The Morgan fingerprint density at radius 1 is 1.15 bits per heavy atom. The lowest BCUT2D eigenvalue weighted by molar-refractivity contribution is 0.0923. The van der Waals surface area contributed by atoms with E-state index in [1.807, 2.05) is 25.1 Å². The average Bonchev–Trinajstić information content (AvgIpc) is 3.07. The normalized spacial score (nSPS) is 16.2. The van der Waals surface area contributed by atoms with Crippen LogP contribution in [0.3, 0.4) is 0 Å². The van der Waals surface area contributed by atoms with E-state index < -0.39 is 0 Å². The molecule has 1 aromatic carbocycles. The first-order valence-corrected chi connectivity index (χ1v) is 9.58. The molecule has 6 heteroatoms. The highest BCUT2D eigenvalue weighted by Crippen LogP contribution is 2.23. The summed E-state index contributed by atoms with van der Waals surface area (Å²) >= 11 is 0. The van der Waals surface area contributed by atoms with Crippen molar-refractivity contribution < 1.29 is 9.21 Å². The van der Waals surface area contributed by atoms with Crippen LogP contribution in [0.2, 0.25) is 0 Å². The Balaban J connectivity index is 1.35. The largest absolute Gasteiger partial charge is 0.433 e. The number of likely N-dealkylation sites (N-methyl/N-ethyl adjacent to an activating group) is 1. The third-order valence-corrected chi connectivity index (χ3v) is 5.22. The maximum Gasteiger partial charge on any atom is 0.287 e. The van der Waals surface area contributed by atoms with Gasteiger partial charge < -0.3 is 19.5 Å². The number of pyridine rings is 1. The van der Waals surface area contributed by atoms with Crippen LogP contribution in [0.1, 0.15) is 22.5 Å². The fourth-order valence-electron chi connectivity index (χ4n) is 3.51. The van der Waals surface area contributed by atoms with Crippen LogP contribution >= 0.6 is 0 Å². The molecule has 1 saturated heterocycles. The van der Waals surface area contributed by atoms with Crippen molar-refractivity contribution in [2.45, 2.75) is 13.3 Å². The number of rotatable bonds is 5. The molecule has 0 saturated carbocycles. The second-order valence-electron chi connectivity index (χ2n) is 7.44. The fraction of sp³-hybridized carbons (Fsp3) is 0.429. The number of nitrogens with one attached hydrogen (secondary N) is 1. The molecule has 2 aromatic heterocycles. The molecule has 1 aliphatic heterocycles. The standard InChI is InChI=1S/C21H26N4O2/c1-15-4-5-16-13-17-14-19(27-21(17)23-18(16)12-15)20(26)22-6-3-7-25-10-8-24(2)9-11-25/h4-5,12-14H,3,6-11H2,1-2H3,(H,22,26). The smallest absolute Gasteiger partial charge is 0.287 e. The summed E-state index contributed by atoms with van der Waals surface area (Å²) in [6.07, 6.45) is 0.942. The summed E-state index contributed by atoms with van der Waals surface area (Å²) < 4.78 is 5.70. The minimum Gasteiger partial charge on any atom is -0.433 e. The molecule has 1 N–H and O–H groups in total. The Morgan fingerprint density at radius 3 is 2.78 bits per heavy atom. The molecule has 27 heavy (non-hydrogen) atoms. The number of carbonyl (C=O) groups is 1. The number of hydrogen-bond donors (Lipinski definition) is 1. The topological polar surface area (TPSA) is 61.6 Å². The summed E-state index contributed by atoms with van der Waals surface area (Å²) in [7, 11) is 2.16. The van der Waals surface area contributed by atoms with Gasteiger partial charge in [0.25, 0.3) is 5.91 Å². The van der Waals surface area contributed by atoms with E-state index in [-0.39, 0.29) is 5.91 Å². The van der Waals surface area contributed by atoms with Gasteiger partial charge in [-0.15, -0.1) is 0 Å². The van der Waals surface area contributed by atoms with Gasteiger partial charge in [-0.3, -0.25) is 4.79 Å². The van der Waals surface area contributed by atoms with E-state index in [0.29, 0.717) is 18.0 Å². The van der Waals surface area contributed by atoms with Crippen LogP contribution in [-0.2, 0) is 0 Å². The second kappa shape index (κ2) is 7.66. The van der Waals surface area contributed by atoms with Crippen LogP contribution < -0.4 is 5.32 Å². The van der Waals surface area contributed by atoms with Crippen molar-refractivity contribution in [1.29, 1.82) is 0 Å². The minimum atomic E-state index is -0.174. The molecule has 6 nitrogen and oxygen atoms in total. The number of piperazine rings is 1. The van der Waals surface area contributed by atoms with Crippen LogP contribution in [-0.4, -0.2) is 67.0 Å². The number of benzene rings is 1. The highest BCUT2D eigenvalue weighted by atomic mass is 16.4. The molecule has 3 heterocycles. The average molecular weight is 366 g/mol. The molecular weight excluding hydrogens is 340 g/mol. The van der Waals surface area contributed by atoms with E-state index >= 15 is 0 Å². The monoisotopic (exact) mass is 366 g/mol. The lowest BCUT2D eigenvalue weighted by Gasteiger charge is -2.32. The van der Waals surface area contributed by atoms with Crippen molar-refractivity contribution in [3.63, 3.8) is 0 Å². The maximum absolute atomic E-state index is 12.4. The summed E-state index contributed by atoms with van der Waals surface area (Å²) in [5.74, 6) is 0.149. The molecule has 1 aliphatic rings. The summed E-state index contributed by atoms with van der Waals surface area (Å²) in [6.45, 7) is 8.14. The van der Waals surface area contributed by atoms with Crippen LogP contribution in [0, 0.1) is 6.92 Å². The van der Waals surface area contributed by atoms with Gasteiger partial charge in [0.05, 0.1) is 5.52 Å². The Labute approximate surface area is 159 Å². The zero-order valence-corrected chi connectivity index (χ0v) is 16.0. The molecule has 0 spiro atoms. The number of aryl methyl sites for hydroxylation is 1. The first-order chi connectivity index (χ1) is 13.1. The van der Waals surface area contributed by atoms with Gasteiger partial charge in [0.2, 0.25) is 5.71 Å². The second-order valence-corrected chi connectivity index (χ2v) is 7.44. The molecule has 3 aromatic rings. The number of amides is 1. The van der Waals surface area contributed by atoms with Crippen LogP contribution in [0.4, 0.5) is 0 Å². The van der Waals surface area contributed by atoms with Gasteiger partial charge in [-0.05, 0) is 50.7 Å². The molecule has 142 valence electrons. The van der Waals surface area contributed by atoms with Gasteiger partial charge in [0, 0.05) is 43.5 Å². The third-order valence-electron chi connectivity index (χ3n) is 5.22. The van der Waals surface area contributed by atoms with Crippen LogP contribution in [0.5, 0.6) is 0 Å². The molecule has 0 unspecified atom stereocenters. The van der Waals surface area contributed by atoms with Gasteiger partial charge >= 0.3 is 0 Å². The molecule has 1 fully saturated rings. The summed E-state index contributed by atoms with van der Waals surface area (Å²) in [6, 6.07) is 9.92. The Bertz CT molecular complexity index is 957. The molecule has 0 bridgehead atoms. The van der Waals surface area contributed by atoms with Crippen molar-refractivity contribution >= 4 is 27.9 Å². The number of carbonyl (C=O) groups excluding carboxylic acids is 1. The molecule has 1 amide bonds. The van der Waals surface area contributed by atoms with E-state index in [2.05, 4.69) is 33.2 Å². The van der Waals surface area contributed by atoms with Crippen molar-refractivity contribution in [2.24, 2.45) is 0 Å². The van der Waals surface area contributed by atoms with E-state index in [1.54, 1.807) is 6.07 Å². The molecule has 0 atom stereocenters. The van der Waals surface area contributed by atoms with Gasteiger partial charge in [-0.2, -0.15) is 0 Å². The summed E-state index contributed by atoms with van der Waals surface area (Å²) in [5, 5.41) is 4.87. The molecule has 0 radical (unpaired) electrons. The van der Waals surface area contributed by atoms with E-state index in [9.17, 15) is 4.79 Å². The predicted molar refractivity (Wildman–Crippen MR) is 107 cm³/mol. The predicted octanol–water partition coefficient (Wildman–Crippen LogP) is 2.66. The first kappa shape index (κ1) is 17.9. The fourth-order valence-corrected chi connectivity index (χ4v) is 3.51. The summed E-state index contributed by atoms with van der Waals surface area (Å²) in [5.41, 5.74) is 2.55. The van der Waals surface area contributed by atoms with Crippen molar-refractivity contribution in [3.8, 4) is 0 Å². The highest BCUT2D eigenvalue weighted by Gasteiger charge is 2.15. The molecule has 4 rings (SSSR count). The number of hydrogen-bond acceptors (Lipinski definition) is 5. The Hall–Kier alpha value is -2.44. The van der Waals surface area contributed by atoms with E-state index in [1.165, 1.54) is 0 Å². The zero-order valence-electron chi connectivity index (χ0n) is 16.0.